The van der Waals surface area contributed by atoms with Crippen molar-refractivity contribution in [1.82, 2.24) is 0 Å². The van der Waals surface area contributed by atoms with E-state index < -0.39 is 0 Å². The summed E-state index contributed by atoms with van der Waals surface area (Å²) in [5.74, 6) is 0.196. The summed E-state index contributed by atoms with van der Waals surface area (Å²) in [6.07, 6.45) is 8.06. The molecule has 2 aliphatic carbocycles. The van der Waals surface area contributed by atoms with E-state index in [4.69, 9.17) is 0 Å². The average molecular weight is 603 g/mol. The smallest absolute Gasteiger partial charge is 0.0535 e. The quantitative estimate of drug-likeness (QED) is 0.194. The SMILES string of the molecule is C1=CCC(C2(c3ccccc3)c3ccccc3-c3cc4ccccc4cc32)C(c2ccc3cccc4c3c2Sc2ccccc2-4)=C1. The van der Waals surface area contributed by atoms with Crippen LogP contribution in [0.2, 0.25) is 0 Å². The van der Waals surface area contributed by atoms with Crippen molar-refractivity contribution in [3.8, 4) is 22.3 Å². The van der Waals surface area contributed by atoms with Crippen LogP contribution in [-0.2, 0) is 5.41 Å². The van der Waals surface area contributed by atoms with Crippen LogP contribution in [0.15, 0.2) is 174 Å². The lowest BCUT2D eigenvalue weighted by molar-refractivity contribution is 0.471. The summed E-state index contributed by atoms with van der Waals surface area (Å²) in [5, 5.41) is 5.28. The molecule has 0 saturated heterocycles. The molecule has 10 rings (SSSR count). The van der Waals surface area contributed by atoms with Gasteiger partial charge in [-0.2, -0.15) is 0 Å². The van der Waals surface area contributed by atoms with Gasteiger partial charge in [-0.1, -0.05) is 157 Å². The van der Waals surface area contributed by atoms with Gasteiger partial charge in [-0.15, -0.1) is 0 Å². The van der Waals surface area contributed by atoms with E-state index in [0.717, 1.165) is 6.42 Å². The van der Waals surface area contributed by atoms with Gasteiger partial charge in [0.2, 0.25) is 0 Å². The highest BCUT2D eigenvalue weighted by Crippen LogP contribution is 2.62. The van der Waals surface area contributed by atoms with E-state index >= 15 is 0 Å². The molecule has 0 radical (unpaired) electrons. The van der Waals surface area contributed by atoms with Gasteiger partial charge >= 0.3 is 0 Å². The summed E-state index contributed by atoms with van der Waals surface area (Å²) >= 11 is 1.94. The summed E-state index contributed by atoms with van der Waals surface area (Å²) in [5.41, 5.74) is 12.0. The van der Waals surface area contributed by atoms with E-state index in [0.29, 0.717) is 0 Å². The fourth-order valence-electron chi connectivity index (χ4n) is 8.69. The van der Waals surface area contributed by atoms with Gasteiger partial charge in [0.15, 0.2) is 0 Å². The van der Waals surface area contributed by atoms with Crippen LogP contribution in [0.5, 0.6) is 0 Å². The Bertz CT molecular complexity index is 2430. The first-order chi connectivity index (χ1) is 22.8. The Hall–Kier alpha value is -5.11. The zero-order valence-electron chi connectivity index (χ0n) is 25.3. The molecular formula is C45H30S. The van der Waals surface area contributed by atoms with Gasteiger partial charge in [-0.25, -0.2) is 0 Å². The number of allylic oxidation sites excluding steroid dienone is 4. The molecule has 1 aliphatic heterocycles. The maximum atomic E-state index is 2.50. The molecule has 216 valence electrons. The second-order valence-corrected chi connectivity index (χ2v) is 13.8. The van der Waals surface area contributed by atoms with Crippen molar-refractivity contribution in [2.75, 3.05) is 0 Å². The Kier molecular flexibility index (Phi) is 5.65. The fourth-order valence-corrected chi connectivity index (χ4v) is 9.97. The van der Waals surface area contributed by atoms with E-state index in [2.05, 4.69) is 164 Å². The van der Waals surface area contributed by atoms with Crippen LogP contribution in [0, 0.1) is 5.92 Å². The third kappa shape index (κ3) is 3.52. The zero-order valence-corrected chi connectivity index (χ0v) is 26.1. The lowest BCUT2D eigenvalue weighted by atomic mass is 9.59. The van der Waals surface area contributed by atoms with Crippen LogP contribution >= 0.6 is 11.8 Å². The maximum Gasteiger partial charge on any atom is 0.0535 e. The van der Waals surface area contributed by atoms with Crippen molar-refractivity contribution in [2.45, 2.75) is 21.6 Å². The number of hydrogen-bond donors (Lipinski definition) is 0. The van der Waals surface area contributed by atoms with Crippen molar-refractivity contribution in [3.63, 3.8) is 0 Å². The Morgan fingerprint density at radius 3 is 2.13 bits per heavy atom. The third-order valence-electron chi connectivity index (χ3n) is 10.6. The molecule has 7 aromatic carbocycles. The molecule has 1 heterocycles. The van der Waals surface area contributed by atoms with Crippen LogP contribution in [0.1, 0.15) is 28.7 Å². The predicted octanol–water partition coefficient (Wildman–Crippen LogP) is 12.1. The highest BCUT2D eigenvalue weighted by atomic mass is 32.2. The molecule has 0 bridgehead atoms. The van der Waals surface area contributed by atoms with E-state index in [1.165, 1.54) is 81.4 Å². The van der Waals surface area contributed by atoms with E-state index in [1.807, 2.05) is 11.8 Å². The van der Waals surface area contributed by atoms with Gasteiger partial charge in [0, 0.05) is 21.1 Å². The summed E-state index contributed by atoms with van der Waals surface area (Å²) in [7, 11) is 0. The van der Waals surface area contributed by atoms with Crippen molar-refractivity contribution in [1.29, 1.82) is 0 Å². The predicted molar refractivity (Wildman–Crippen MR) is 194 cm³/mol. The van der Waals surface area contributed by atoms with Crippen molar-refractivity contribution in [3.05, 3.63) is 186 Å². The normalized spacial score (nSPS) is 19.0. The minimum atomic E-state index is -0.355. The van der Waals surface area contributed by atoms with Crippen LogP contribution in [0.4, 0.5) is 0 Å². The Morgan fingerprint density at radius 2 is 1.24 bits per heavy atom. The molecule has 0 aromatic heterocycles. The number of benzene rings is 7. The number of rotatable bonds is 3. The van der Waals surface area contributed by atoms with Gasteiger partial charge in [0.1, 0.15) is 0 Å². The first kappa shape index (κ1) is 26.1. The highest BCUT2D eigenvalue weighted by molar-refractivity contribution is 8.00. The van der Waals surface area contributed by atoms with Crippen LogP contribution in [0.3, 0.4) is 0 Å². The molecule has 0 amide bonds. The van der Waals surface area contributed by atoms with Crippen molar-refractivity contribution >= 4 is 38.9 Å². The van der Waals surface area contributed by atoms with Crippen molar-refractivity contribution < 1.29 is 0 Å². The Morgan fingerprint density at radius 1 is 0.522 bits per heavy atom. The molecule has 0 saturated carbocycles. The molecule has 0 spiro atoms. The minimum Gasteiger partial charge on any atom is -0.0881 e. The van der Waals surface area contributed by atoms with E-state index in [-0.39, 0.29) is 11.3 Å². The molecule has 2 unspecified atom stereocenters. The van der Waals surface area contributed by atoms with Gasteiger partial charge in [0.05, 0.1) is 5.41 Å². The highest BCUT2D eigenvalue weighted by Gasteiger charge is 2.51. The Labute approximate surface area is 273 Å². The molecule has 1 heteroatoms. The van der Waals surface area contributed by atoms with Crippen molar-refractivity contribution in [2.24, 2.45) is 5.92 Å². The molecule has 7 aromatic rings. The monoisotopic (exact) mass is 602 g/mol. The number of fused-ring (bicyclic) bond motifs is 6. The van der Waals surface area contributed by atoms with Gasteiger partial charge in [0.25, 0.3) is 0 Å². The van der Waals surface area contributed by atoms with E-state index in [9.17, 15) is 0 Å². The standard InChI is InChI=1S/C45H30S/c1-2-16-32(17-3-1)45(40-23-10-7-19-34(40)38-27-30-13-4-5-14-31(30)28-41(38)45)39-22-9-6-18-33(39)37-26-25-29-15-12-21-36-35-20-8-11-24-42(35)46-44(37)43(29)36/h1-21,23-28,39H,22H2. The van der Waals surface area contributed by atoms with E-state index in [1.54, 1.807) is 0 Å². The average Bonchev–Trinajstić information content (AvgIpc) is 3.41. The van der Waals surface area contributed by atoms with Crippen LogP contribution in [-0.4, -0.2) is 0 Å². The number of hydrogen-bond acceptors (Lipinski definition) is 1. The minimum absolute atomic E-state index is 0.196. The van der Waals surface area contributed by atoms with Gasteiger partial charge in [-0.3, -0.25) is 0 Å². The maximum absolute atomic E-state index is 2.50. The first-order valence-electron chi connectivity index (χ1n) is 16.2. The molecule has 0 N–H and O–H groups in total. The summed E-state index contributed by atoms with van der Waals surface area (Å²) in [6, 6.07) is 54.7. The molecule has 0 nitrogen and oxygen atoms in total. The molecule has 3 aliphatic rings. The third-order valence-corrected chi connectivity index (χ3v) is 11.8. The summed E-state index contributed by atoms with van der Waals surface area (Å²) in [6.45, 7) is 0. The second-order valence-electron chi connectivity index (χ2n) is 12.7. The fraction of sp³-hybridized carbons (Fsp3) is 0.0667. The molecular weight excluding hydrogens is 573 g/mol. The largest absolute Gasteiger partial charge is 0.0881 e. The van der Waals surface area contributed by atoms with Crippen LogP contribution < -0.4 is 0 Å². The molecule has 0 fully saturated rings. The molecule has 46 heavy (non-hydrogen) atoms. The Balaban J connectivity index is 1.29. The van der Waals surface area contributed by atoms with Gasteiger partial charge < -0.3 is 0 Å². The summed E-state index contributed by atoms with van der Waals surface area (Å²) in [4.78, 5) is 2.71. The molecule has 2 atom stereocenters. The second kappa shape index (κ2) is 9.94. The lowest BCUT2D eigenvalue weighted by Gasteiger charge is -2.43. The van der Waals surface area contributed by atoms with Gasteiger partial charge in [-0.05, 0) is 90.9 Å². The van der Waals surface area contributed by atoms with Crippen LogP contribution in [0.25, 0.3) is 49.4 Å². The summed E-state index contributed by atoms with van der Waals surface area (Å²) < 4.78 is 0. The topological polar surface area (TPSA) is 0 Å². The lowest BCUT2D eigenvalue weighted by Crippen LogP contribution is -2.37. The zero-order chi connectivity index (χ0) is 30.2. The first-order valence-corrected chi connectivity index (χ1v) is 17.0.